The Hall–Kier alpha value is -3.06. The molecule has 0 unspecified atom stereocenters. The van der Waals surface area contributed by atoms with Crippen molar-refractivity contribution in [2.45, 2.75) is 38.5 Å². The number of alkyl halides is 3. The SMILES string of the molecule is Cc1ccc(N(C(=O)c2ccco2)C2CCN(Cc3cccc(C(F)(F)F)c3)CC2)cc1. The fourth-order valence-electron chi connectivity index (χ4n) is 4.16. The van der Waals surface area contributed by atoms with Gasteiger partial charge >= 0.3 is 6.18 Å². The monoisotopic (exact) mass is 442 g/mol. The molecule has 0 saturated carbocycles. The average Bonchev–Trinajstić information content (AvgIpc) is 3.31. The number of hydrogen-bond acceptors (Lipinski definition) is 3. The van der Waals surface area contributed by atoms with Gasteiger partial charge in [0.05, 0.1) is 11.8 Å². The smallest absolute Gasteiger partial charge is 0.416 e. The second kappa shape index (κ2) is 9.20. The minimum Gasteiger partial charge on any atom is -0.459 e. The maximum absolute atomic E-state index is 13.2. The van der Waals surface area contributed by atoms with Gasteiger partial charge in [-0.05, 0) is 55.7 Å². The number of aryl methyl sites for hydroxylation is 1. The molecule has 3 aromatic rings. The number of likely N-dealkylation sites (tertiary alicyclic amines) is 1. The van der Waals surface area contributed by atoms with Crippen LogP contribution < -0.4 is 4.90 Å². The van der Waals surface area contributed by atoms with Crippen LogP contribution >= 0.6 is 0 Å². The largest absolute Gasteiger partial charge is 0.459 e. The quantitative estimate of drug-likeness (QED) is 0.492. The van der Waals surface area contributed by atoms with Gasteiger partial charge in [-0.25, -0.2) is 0 Å². The van der Waals surface area contributed by atoms with E-state index >= 15 is 0 Å². The van der Waals surface area contributed by atoms with E-state index < -0.39 is 11.7 Å². The van der Waals surface area contributed by atoms with Crippen molar-refractivity contribution in [3.8, 4) is 0 Å². The average molecular weight is 442 g/mol. The lowest BCUT2D eigenvalue weighted by Crippen LogP contribution is -2.47. The highest BCUT2D eigenvalue weighted by atomic mass is 19.4. The van der Waals surface area contributed by atoms with E-state index in [2.05, 4.69) is 4.90 Å². The molecule has 0 spiro atoms. The lowest BCUT2D eigenvalue weighted by Gasteiger charge is -2.38. The molecule has 1 aliphatic heterocycles. The molecule has 0 radical (unpaired) electrons. The third-order valence-electron chi connectivity index (χ3n) is 5.85. The zero-order chi connectivity index (χ0) is 22.7. The molecule has 0 aliphatic carbocycles. The van der Waals surface area contributed by atoms with Gasteiger partial charge in [0.1, 0.15) is 0 Å². The van der Waals surface area contributed by atoms with Crippen LogP contribution in [0.1, 0.15) is 40.1 Å². The number of carbonyl (C=O) groups is 1. The van der Waals surface area contributed by atoms with Crippen LogP contribution in [-0.2, 0) is 12.7 Å². The minimum absolute atomic E-state index is 0.0203. The summed E-state index contributed by atoms with van der Waals surface area (Å²) in [6, 6.07) is 16.6. The second-order valence-electron chi connectivity index (χ2n) is 8.19. The van der Waals surface area contributed by atoms with Gasteiger partial charge in [-0.3, -0.25) is 9.69 Å². The Morgan fingerprint density at radius 1 is 1.06 bits per heavy atom. The fourth-order valence-corrected chi connectivity index (χ4v) is 4.16. The van der Waals surface area contributed by atoms with Gasteiger partial charge in [-0.15, -0.1) is 0 Å². The number of nitrogens with zero attached hydrogens (tertiary/aromatic N) is 2. The number of hydrogen-bond donors (Lipinski definition) is 0. The Labute approximate surface area is 185 Å². The van der Waals surface area contributed by atoms with Crippen LogP contribution in [-0.4, -0.2) is 29.9 Å². The molecule has 2 heterocycles. The topological polar surface area (TPSA) is 36.7 Å². The van der Waals surface area contributed by atoms with Crippen molar-refractivity contribution in [1.82, 2.24) is 4.90 Å². The van der Waals surface area contributed by atoms with E-state index in [-0.39, 0.29) is 17.7 Å². The number of benzene rings is 2. The normalized spacial score (nSPS) is 15.6. The van der Waals surface area contributed by atoms with Crippen molar-refractivity contribution < 1.29 is 22.4 Å². The summed E-state index contributed by atoms with van der Waals surface area (Å²) in [5.41, 5.74) is 1.93. The van der Waals surface area contributed by atoms with Crippen LogP contribution in [0.15, 0.2) is 71.3 Å². The van der Waals surface area contributed by atoms with Crippen LogP contribution in [0, 0.1) is 6.92 Å². The van der Waals surface area contributed by atoms with Gasteiger partial charge in [0, 0.05) is 31.4 Å². The molecule has 1 aliphatic rings. The maximum atomic E-state index is 13.2. The zero-order valence-electron chi connectivity index (χ0n) is 17.8. The summed E-state index contributed by atoms with van der Waals surface area (Å²) in [4.78, 5) is 17.1. The Morgan fingerprint density at radius 3 is 2.41 bits per heavy atom. The summed E-state index contributed by atoms with van der Waals surface area (Å²) in [5.74, 6) is 0.104. The van der Waals surface area contributed by atoms with Crippen molar-refractivity contribution in [2.75, 3.05) is 18.0 Å². The molecule has 0 atom stereocenters. The predicted molar refractivity (Wildman–Crippen MR) is 116 cm³/mol. The van der Waals surface area contributed by atoms with Crippen LogP contribution in [0.5, 0.6) is 0 Å². The van der Waals surface area contributed by atoms with Crippen LogP contribution in [0.3, 0.4) is 0 Å². The summed E-state index contributed by atoms with van der Waals surface area (Å²) in [5, 5.41) is 0. The van der Waals surface area contributed by atoms with E-state index in [1.165, 1.54) is 18.4 Å². The Morgan fingerprint density at radius 2 is 1.78 bits per heavy atom. The molecule has 7 heteroatoms. The number of piperidine rings is 1. The van der Waals surface area contributed by atoms with Gasteiger partial charge in [0.25, 0.3) is 5.91 Å². The van der Waals surface area contributed by atoms with E-state index in [1.807, 2.05) is 31.2 Å². The van der Waals surface area contributed by atoms with E-state index in [0.717, 1.165) is 30.2 Å². The Bertz CT molecular complexity index is 1040. The number of carbonyl (C=O) groups excluding carboxylic acids is 1. The van der Waals surface area contributed by atoms with Gasteiger partial charge in [-0.1, -0.05) is 35.9 Å². The lowest BCUT2D eigenvalue weighted by molar-refractivity contribution is -0.137. The highest BCUT2D eigenvalue weighted by Gasteiger charge is 2.32. The lowest BCUT2D eigenvalue weighted by atomic mass is 10.0. The van der Waals surface area contributed by atoms with Crippen molar-refractivity contribution in [3.05, 3.63) is 89.4 Å². The predicted octanol–water partition coefficient (Wildman–Crippen LogP) is 5.92. The maximum Gasteiger partial charge on any atom is 0.416 e. The molecule has 0 bridgehead atoms. The molecule has 4 rings (SSSR count). The first-order valence-corrected chi connectivity index (χ1v) is 10.6. The standard InChI is InChI=1S/C25H25F3N2O2/c1-18-7-9-21(10-8-18)30(24(31)23-6-3-15-32-23)22-11-13-29(14-12-22)17-19-4-2-5-20(16-19)25(26,27)28/h2-10,15-16,22H,11-14,17H2,1H3. The minimum atomic E-state index is -4.34. The van der Waals surface area contributed by atoms with Gasteiger partial charge in [0.2, 0.25) is 0 Å². The third-order valence-corrected chi connectivity index (χ3v) is 5.85. The third kappa shape index (κ3) is 5.05. The highest BCUT2D eigenvalue weighted by molar-refractivity contribution is 6.04. The Balaban J connectivity index is 1.47. The van der Waals surface area contributed by atoms with Crippen LogP contribution in [0.25, 0.3) is 0 Å². The van der Waals surface area contributed by atoms with Crippen molar-refractivity contribution in [2.24, 2.45) is 0 Å². The summed E-state index contributed by atoms with van der Waals surface area (Å²) in [7, 11) is 0. The summed E-state index contributed by atoms with van der Waals surface area (Å²) >= 11 is 0. The highest BCUT2D eigenvalue weighted by Crippen LogP contribution is 2.31. The first-order chi connectivity index (χ1) is 15.3. The van der Waals surface area contributed by atoms with Gasteiger partial charge < -0.3 is 9.32 Å². The Kier molecular flexibility index (Phi) is 6.37. The molecule has 0 N–H and O–H groups in total. The molecule has 168 valence electrons. The molecule has 32 heavy (non-hydrogen) atoms. The molecule has 1 aromatic heterocycles. The molecular weight excluding hydrogens is 417 g/mol. The number of rotatable bonds is 5. The number of halogens is 3. The van der Waals surface area contributed by atoms with Gasteiger partial charge in [-0.2, -0.15) is 13.2 Å². The number of anilines is 1. The van der Waals surface area contributed by atoms with E-state index in [1.54, 1.807) is 23.1 Å². The zero-order valence-corrected chi connectivity index (χ0v) is 17.8. The van der Waals surface area contributed by atoms with E-state index in [9.17, 15) is 18.0 Å². The molecule has 4 nitrogen and oxygen atoms in total. The van der Waals surface area contributed by atoms with E-state index in [0.29, 0.717) is 25.2 Å². The molecule has 2 aromatic carbocycles. The van der Waals surface area contributed by atoms with Crippen LogP contribution in [0.2, 0.25) is 0 Å². The summed E-state index contributed by atoms with van der Waals surface area (Å²) in [6.45, 7) is 3.82. The fraction of sp³-hybridized carbons (Fsp3) is 0.320. The van der Waals surface area contributed by atoms with Gasteiger partial charge in [0.15, 0.2) is 5.76 Å². The molecule has 1 fully saturated rings. The second-order valence-corrected chi connectivity index (χ2v) is 8.19. The molecule has 1 amide bonds. The van der Waals surface area contributed by atoms with Crippen molar-refractivity contribution in [3.63, 3.8) is 0 Å². The number of furan rings is 1. The summed E-state index contributed by atoms with van der Waals surface area (Å²) < 4.78 is 44.4. The molecule has 1 saturated heterocycles. The van der Waals surface area contributed by atoms with Crippen molar-refractivity contribution in [1.29, 1.82) is 0 Å². The first kappa shape index (κ1) is 22.1. The first-order valence-electron chi connectivity index (χ1n) is 10.6. The van der Waals surface area contributed by atoms with E-state index in [4.69, 9.17) is 4.42 Å². The van der Waals surface area contributed by atoms with Crippen LogP contribution in [0.4, 0.5) is 18.9 Å². The number of amides is 1. The summed E-state index contributed by atoms with van der Waals surface area (Å²) in [6.07, 6.45) is -1.42. The van der Waals surface area contributed by atoms with Crippen molar-refractivity contribution >= 4 is 11.6 Å². The molecular formula is C25H25F3N2O2.